The highest BCUT2D eigenvalue weighted by Gasteiger charge is 2.22. The molecule has 0 radical (unpaired) electrons. The van der Waals surface area contributed by atoms with Gasteiger partial charge in [0.2, 0.25) is 0 Å². The smallest absolute Gasteiger partial charge is 0.0568 e. The highest BCUT2D eigenvalue weighted by molar-refractivity contribution is 4.74. The molecule has 0 heterocycles. The molecule has 0 aromatic heterocycles. The standard InChI is InChI=1S/C8H16O/c1-6-3-4-7(2)8(9)5-6/h6-9H,3-5H2,1-2H3/t6?,7-,8?/m1/s1. The van der Waals surface area contributed by atoms with Crippen LogP contribution in [0.25, 0.3) is 0 Å². The van der Waals surface area contributed by atoms with Crippen molar-refractivity contribution in [1.82, 2.24) is 0 Å². The van der Waals surface area contributed by atoms with Crippen molar-refractivity contribution in [3.8, 4) is 0 Å². The first-order valence-electron chi connectivity index (χ1n) is 3.88. The zero-order chi connectivity index (χ0) is 6.85. The van der Waals surface area contributed by atoms with Crippen molar-refractivity contribution in [2.45, 2.75) is 39.2 Å². The van der Waals surface area contributed by atoms with Crippen molar-refractivity contribution in [2.75, 3.05) is 0 Å². The average Bonchev–Trinajstić information content (AvgIpc) is 1.80. The van der Waals surface area contributed by atoms with Crippen LogP contribution in [0.3, 0.4) is 0 Å². The highest BCUT2D eigenvalue weighted by atomic mass is 16.3. The van der Waals surface area contributed by atoms with E-state index in [2.05, 4.69) is 13.8 Å². The number of rotatable bonds is 0. The molecule has 9 heavy (non-hydrogen) atoms. The maximum Gasteiger partial charge on any atom is 0.0568 e. The SMILES string of the molecule is CC1CC[C@@H](C)C(O)C1. The van der Waals surface area contributed by atoms with Crippen molar-refractivity contribution < 1.29 is 5.11 Å². The molecule has 1 heteroatoms. The average molecular weight is 128 g/mol. The highest BCUT2D eigenvalue weighted by Crippen LogP contribution is 2.27. The van der Waals surface area contributed by atoms with Crippen LogP contribution in [0, 0.1) is 11.8 Å². The predicted molar refractivity (Wildman–Crippen MR) is 38.2 cm³/mol. The minimum absolute atomic E-state index is 0.0197. The van der Waals surface area contributed by atoms with Gasteiger partial charge >= 0.3 is 0 Å². The summed E-state index contributed by atoms with van der Waals surface area (Å²) in [5, 5.41) is 9.35. The van der Waals surface area contributed by atoms with E-state index in [0.29, 0.717) is 5.92 Å². The van der Waals surface area contributed by atoms with E-state index in [9.17, 15) is 5.11 Å². The van der Waals surface area contributed by atoms with E-state index in [1.54, 1.807) is 0 Å². The van der Waals surface area contributed by atoms with Gasteiger partial charge in [0.05, 0.1) is 6.10 Å². The molecule has 0 aliphatic heterocycles. The van der Waals surface area contributed by atoms with Gasteiger partial charge in [-0.25, -0.2) is 0 Å². The lowest BCUT2D eigenvalue weighted by atomic mass is 9.82. The van der Waals surface area contributed by atoms with Crippen LogP contribution in [0.2, 0.25) is 0 Å². The van der Waals surface area contributed by atoms with Crippen molar-refractivity contribution in [1.29, 1.82) is 0 Å². The van der Waals surface area contributed by atoms with E-state index in [4.69, 9.17) is 0 Å². The second-order valence-electron chi connectivity index (χ2n) is 3.46. The molecule has 2 unspecified atom stereocenters. The lowest BCUT2D eigenvalue weighted by Crippen LogP contribution is -2.25. The Morgan fingerprint density at radius 3 is 2.33 bits per heavy atom. The van der Waals surface area contributed by atoms with Crippen molar-refractivity contribution in [3.63, 3.8) is 0 Å². The van der Waals surface area contributed by atoms with Gasteiger partial charge in [0, 0.05) is 0 Å². The summed E-state index contributed by atoms with van der Waals surface area (Å²) in [7, 11) is 0. The Bertz CT molecular complexity index is 90.6. The van der Waals surface area contributed by atoms with Gasteiger partial charge in [-0.3, -0.25) is 0 Å². The van der Waals surface area contributed by atoms with Gasteiger partial charge in [0.15, 0.2) is 0 Å². The van der Waals surface area contributed by atoms with Crippen LogP contribution in [0.1, 0.15) is 33.1 Å². The Labute approximate surface area is 57.1 Å². The summed E-state index contributed by atoms with van der Waals surface area (Å²) in [6.45, 7) is 4.35. The first kappa shape index (κ1) is 7.07. The third kappa shape index (κ3) is 1.68. The van der Waals surface area contributed by atoms with Crippen LogP contribution >= 0.6 is 0 Å². The molecule has 1 aliphatic rings. The summed E-state index contributed by atoms with van der Waals surface area (Å²) < 4.78 is 0. The largest absolute Gasteiger partial charge is 0.393 e. The molecule has 0 amide bonds. The van der Waals surface area contributed by atoms with Crippen LogP contribution in [-0.2, 0) is 0 Å². The predicted octanol–water partition coefficient (Wildman–Crippen LogP) is 1.80. The van der Waals surface area contributed by atoms with E-state index >= 15 is 0 Å². The number of hydrogen-bond donors (Lipinski definition) is 1. The fourth-order valence-electron chi connectivity index (χ4n) is 1.50. The molecular formula is C8H16O. The van der Waals surface area contributed by atoms with Gasteiger partial charge in [-0.1, -0.05) is 20.3 Å². The Balaban J connectivity index is 2.35. The summed E-state index contributed by atoms with van der Waals surface area (Å²) in [5.41, 5.74) is 0. The van der Waals surface area contributed by atoms with Gasteiger partial charge in [-0.15, -0.1) is 0 Å². The van der Waals surface area contributed by atoms with E-state index in [1.165, 1.54) is 12.8 Å². The molecule has 0 aromatic carbocycles. The molecule has 1 fully saturated rings. The first-order valence-corrected chi connectivity index (χ1v) is 3.88. The Kier molecular flexibility index (Phi) is 2.12. The van der Waals surface area contributed by atoms with Crippen molar-refractivity contribution in [3.05, 3.63) is 0 Å². The Morgan fingerprint density at radius 2 is 1.89 bits per heavy atom. The van der Waals surface area contributed by atoms with Crippen LogP contribution in [-0.4, -0.2) is 11.2 Å². The molecule has 0 saturated heterocycles. The van der Waals surface area contributed by atoms with Crippen LogP contribution < -0.4 is 0 Å². The van der Waals surface area contributed by atoms with Crippen LogP contribution in [0.5, 0.6) is 0 Å². The van der Waals surface area contributed by atoms with Gasteiger partial charge in [0.25, 0.3) is 0 Å². The molecule has 1 nitrogen and oxygen atoms in total. The zero-order valence-corrected chi connectivity index (χ0v) is 6.30. The minimum Gasteiger partial charge on any atom is -0.393 e. The topological polar surface area (TPSA) is 20.2 Å². The van der Waals surface area contributed by atoms with E-state index in [0.717, 1.165) is 12.3 Å². The van der Waals surface area contributed by atoms with Crippen LogP contribution in [0.4, 0.5) is 0 Å². The maximum atomic E-state index is 9.35. The molecular weight excluding hydrogens is 112 g/mol. The molecule has 0 aromatic rings. The normalized spacial score (nSPS) is 45.0. The second-order valence-corrected chi connectivity index (χ2v) is 3.46. The number of aliphatic hydroxyl groups excluding tert-OH is 1. The van der Waals surface area contributed by atoms with Crippen molar-refractivity contribution >= 4 is 0 Å². The molecule has 0 bridgehead atoms. The second kappa shape index (κ2) is 2.70. The fourth-order valence-corrected chi connectivity index (χ4v) is 1.50. The summed E-state index contributed by atoms with van der Waals surface area (Å²) in [5.74, 6) is 1.29. The van der Waals surface area contributed by atoms with Crippen LogP contribution in [0.15, 0.2) is 0 Å². The third-order valence-electron chi connectivity index (χ3n) is 2.42. The first-order chi connectivity index (χ1) is 4.20. The quantitative estimate of drug-likeness (QED) is 0.527. The summed E-state index contributed by atoms with van der Waals surface area (Å²) in [6, 6.07) is 0. The van der Waals surface area contributed by atoms with E-state index in [-0.39, 0.29) is 6.10 Å². The van der Waals surface area contributed by atoms with Crippen molar-refractivity contribution in [2.24, 2.45) is 11.8 Å². The van der Waals surface area contributed by atoms with Gasteiger partial charge in [-0.05, 0) is 24.7 Å². The summed E-state index contributed by atoms with van der Waals surface area (Å²) in [4.78, 5) is 0. The molecule has 3 atom stereocenters. The van der Waals surface area contributed by atoms with Gasteiger partial charge in [0.1, 0.15) is 0 Å². The third-order valence-corrected chi connectivity index (χ3v) is 2.42. The maximum absolute atomic E-state index is 9.35. The van der Waals surface area contributed by atoms with Gasteiger partial charge in [-0.2, -0.15) is 0 Å². The Morgan fingerprint density at radius 1 is 1.22 bits per heavy atom. The van der Waals surface area contributed by atoms with Gasteiger partial charge < -0.3 is 5.11 Å². The summed E-state index contributed by atoms with van der Waals surface area (Å²) in [6.07, 6.45) is 3.51. The van der Waals surface area contributed by atoms with E-state index in [1.807, 2.05) is 0 Å². The molecule has 1 N–H and O–H groups in total. The zero-order valence-electron chi connectivity index (χ0n) is 6.30. The molecule has 1 rings (SSSR count). The molecule has 54 valence electrons. The fraction of sp³-hybridized carbons (Fsp3) is 1.00. The monoisotopic (exact) mass is 128 g/mol. The lowest BCUT2D eigenvalue weighted by molar-refractivity contribution is 0.0577. The number of hydrogen-bond acceptors (Lipinski definition) is 1. The molecule has 0 spiro atoms. The molecule has 1 saturated carbocycles. The minimum atomic E-state index is -0.0197. The summed E-state index contributed by atoms with van der Waals surface area (Å²) >= 11 is 0. The lowest BCUT2D eigenvalue weighted by Gasteiger charge is -2.28. The van der Waals surface area contributed by atoms with E-state index < -0.39 is 0 Å². The molecule has 1 aliphatic carbocycles. The Hall–Kier alpha value is -0.0400. The number of aliphatic hydroxyl groups is 1.